The Balaban J connectivity index is 1.51. The SMILES string of the molecule is CNCCNC(=O)Cn1cc(C(=O)N2CCC(c3ccccc3F)CC2)c2ccc(Cl)cc21. The van der Waals surface area contributed by atoms with Gasteiger partial charge in [0.15, 0.2) is 0 Å². The summed E-state index contributed by atoms with van der Waals surface area (Å²) in [6.45, 7) is 2.42. The molecule has 8 heteroatoms. The minimum Gasteiger partial charge on any atom is -0.353 e. The number of nitrogens with one attached hydrogen (secondary N) is 2. The van der Waals surface area contributed by atoms with Gasteiger partial charge in [-0.2, -0.15) is 0 Å². The summed E-state index contributed by atoms with van der Waals surface area (Å²) in [5.41, 5.74) is 2.02. The zero-order chi connectivity index (χ0) is 23.4. The van der Waals surface area contributed by atoms with Crippen molar-refractivity contribution >= 4 is 34.3 Å². The van der Waals surface area contributed by atoms with Gasteiger partial charge < -0.3 is 20.1 Å². The highest BCUT2D eigenvalue weighted by atomic mass is 35.5. The van der Waals surface area contributed by atoms with Gasteiger partial charge in [-0.25, -0.2) is 4.39 Å². The zero-order valence-electron chi connectivity index (χ0n) is 18.6. The maximum absolute atomic E-state index is 14.2. The normalized spacial score (nSPS) is 14.6. The molecule has 2 aromatic carbocycles. The summed E-state index contributed by atoms with van der Waals surface area (Å²) in [7, 11) is 1.82. The Morgan fingerprint density at radius 1 is 1.12 bits per heavy atom. The molecule has 1 aliphatic heterocycles. The van der Waals surface area contributed by atoms with Gasteiger partial charge in [0.1, 0.15) is 12.4 Å². The van der Waals surface area contributed by atoms with Gasteiger partial charge in [-0.3, -0.25) is 9.59 Å². The van der Waals surface area contributed by atoms with Crippen LogP contribution in [0.25, 0.3) is 10.9 Å². The Hall–Kier alpha value is -2.90. The summed E-state index contributed by atoms with van der Waals surface area (Å²) in [4.78, 5) is 27.6. The first-order valence-corrected chi connectivity index (χ1v) is 11.6. The number of amides is 2. The van der Waals surface area contributed by atoms with Crippen LogP contribution in [0.15, 0.2) is 48.7 Å². The molecule has 4 rings (SSSR count). The number of fused-ring (bicyclic) bond motifs is 1. The number of nitrogens with zero attached hydrogens (tertiary/aromatic N) is 2. The molecule has 3 aromatic rings. The van der Waals surface area contributed by atoms with Crippen molar-refractivity contribution in [2.24, 2.45) is 0 Å². The number of likely N-dealkylation sites (N-methyl/N-ethyl adjacent to an activating group) is 1. The number of rotatable bonds is 7. The molecule has 174 valence electrons. The number of carbonyl (C=O) groups is 2. The van der Waals surface area contributed by atoms with Crippen LogP contribution in [-0.4, -0.2) is 54.5 Å². The first-order chi connectivity index (χ1) is 16.0. The van der Waals surface area contributed by atoms with Gasteiger partial charge in [0.2, 0.25) is 5.91 Å². The largest absolute Gasteiger partial charge is 0.353 e. The van der Waals surface area contributed by atoms with E-state index in [4.69, 9.17) is 11.6 Å². The highest BCUT2D eigenvalue weighted by Gasteiger charge is 2.28. The van der Waals surface area contributed by atoms with Gasteiger partial charge in [-0.15, -0.1) is 0 Å². The van der Waals surface area contributed by atoms with E-state index in [1.54, 1.807) is 29.0 Å². The van der Waals surface area contributed by atoms with Crippen LogP contribution in [-0.2, 0) is 11.3 Å². The third-order valence-corrected chi connectivity index (χ3v) is 6.45. The van der Waals surface area contributed by atoms with Crippen molar-refractivity contribution in [3.8, 4) is 0 Å². The van der Waals surface area contributed by atoms with Crippen LogP contribution in [0.1, 0.15) is 34.7 Å². The molecule has 0 bridgehead atoms. The van der Waals surface area contributed by atoms with Gasteiger partial charge >= 0.3 is 0 Å². The van der Waals surface area contributed by atoms with Crippen LogP contribution in [0.4, 0.5) is 4.39 Å². The fourth-order valence-electron chi connectivity index (χ4n) is 4.47. The van der Waals surface area contributed by atoms with Crippen molar-refractivity contribution in [3.05, 3.63) is 70.6 Å². The van der Waals surface area contributed by atoms with Gasteiger partial charge in [-0.1, -0.05) is 35.9 Å². The molecular formula is C25H28ClFN4O2. The zero-order valence-corrected chi connectivity index (χ0v) is 19.4. The van der Waals surface area contributed by atoms with Crippen molar-refractivity contribution in [3.63, 3.8) is 0 Å². The average Bonchev–Trinajstić information content (AvgIpc) is 3.16. The number of piperidine rings is 1. The number of halogens is 2. The van der Waals surface area contributed by atoms with E-state index in [0.717, 1.165) is 16.5 Å². The topological polar surface area (TPSA) is 66.4 Å². The third-order valence-electron chi connectivity index (χ3n) is 6.21. The highest BCUT2D eigenvalue weighted by molar-refractivity contribution is 6.31. The summed E-state index contributed by atoms with van der Waals surface area (Å²) >= 11 is 6.21. The first-order valence-electron chi connectivity index (χ1n) is 11.2. The second kappa shape index (κ2) is 10.4. The lowest BCUT2D eigenvalue weighted by Crippen LogP contribution is -2.38. The standard InChI is InChI=1S/C25H28ClFN4O2/c1-28-10-11-29-24(32)16-31-15-21(20-7-6-18(26)14-23(20)31)25(33)30-12-8-17(9-13-30)19-4-2-3-5-22(19)27/h2-7,14-15,17,28H,8-13,16H2,1H3,(H,29,32). The van der Waals surface area contributed by atoms with E-state index in [-0.39, 0.29) is 30.1 Å². The van der Waals surface area contributed by atoms with Crippen LogP contribution in [0.5, 0.6) is 0 Å². The predicted molar refractivity (Wildman–Crippen MR) is 128 cm³/mol. The Morgan fingerprint density at radius 3 is 2.61 bits per heavy atom. The van der Waals surface area contributed by atoms with E-state index in [2.05, 4.69) is 10.6 Å². The molecule has 1 aromatic heterocycles. The summed E-state index contributed by atoms with van der Waals surface area (Å²) in [6, 6.07) is 12.2. The number of aromatic nitrogens is 1. The summed E-state index contributed by atoms with van der Waals surface area (Å²) in [6.07, 6.45) is 3.17. The lowest BCUT2D eigenvalue weighted by molar-refractivity contribution is -0.121. The van der Waals surface area contributed by atoms with Crippen molar-refractivity contribution in [1.29, 1.82) is 0 Å². The van der Waals surface area contributed by atoms with Crippen LogP contribution in [0, 0.1) is 5.82 Å². The molecule has 2 amide bonds. The number of hydrogen-bond acceptors (Lipinski definition) is 3. The van der Waals surface area contributed by atoms with Crippen molar-refractivity contribution < 1.29 is 14.0 Å². The Morgan fingerprint density at radius 2 is 1.88 bits per heavy atom. The highest BCUT2D eigenvalue weighted by Crippen LogP contribution is 2.32. The van der Waals surface area contributed by atoms with Gasteiger partial charge in [0, 0.05) is 42.8 Å². The number of likely N-dealkylation sites (tertiary alicyclic amines) is 1. The first kappa shape index (κ1) is 23.3. The second-order valence-corrected chi connectivity index (χ2v) is 8.81. The second-order valence-electron chi connectivity index (χ2n) is 8.37. The average molecular weight is 471 g/mol. The Kier molecular flexibility index (Phi) is 7.30. The molecule has 33 heavy (non-hydrogen) atoms. The van der Waals surface area contributed by atoms with E-state index >= 15 is 0 Å². The molecule has 0 saturated carbocycles. The minimum absolute atomic E-state index is 0.0800. The van der Waals surface area contributed by atoms with Crippen LogP contribution >= 0.6 is 11.6 Å². The number of benzene rings is 2. The van der Waals surface area contributed by atoms with Crippen LogP contribution < -0.4 is 10.6 Å². The quantitative estimate of drug-likeness (QED) is 0.516. The van der Waals surface area contributed by atoms with Crippen molar-refractivity contribution in [1.82, 2.24) is 20.1 Å². The van der Waals surface area contributed by atoms with Crippen molar-refractivity contribution in [2.75, 3.05) is 33.2 Å². The molecule has 0 unspecified atom stereocenters. The molecule has 2 heterocycles. The molecule has 1 saturated heterocycles. The summed E-state index contributed by atoms with van der Waals surface area (Å²) in [5.74, 6) is -0.289. The Labute approximate surface area is 197 Å². The maximum Gasteiger partial charge on any atom is 0.256 e. The molecule has 0 atom stereocenters. The third kappa shape index (κ3) is 5.20. The number of hydrogen-bond donors (Lipinski definition) is 2. The van der Waals surface area contributed by atoms with E-state index in [9.17, 15) is 14.0 Å². The smallest absolute Gasteiger partial charge is 0.256 e. The monoisotopic (exact) mass is 470 g/mol. The lowest BCUT2D eigenvalue weighted by atomic mass is 9.89. The van der Waals surface area contributed by atoms with E-state index in [0.29, 0.717) is 49.6 Å². The molecule has 1 fully saturated rings. The molecule has 0 radical (unpaired) electrons. The summed E-state index contributed by atoms with van der Waals surface area (Å²) in [5, 5.41) is 7.15. The summed E-state index contributed by atoms with van der Waals surface area (Å²) < 4.78 is 15.9. The van der Waals surface area contributed by atoms with Gasteiger partial charge in [0.25, 0.3) is 5.91 Å². The van der Waals surface area contributed by atoms with E-state index in [1.165, 1.54) is 6.07 Å². The molecule has 2 N–H and O–H groups in total. The minimum atomic E-state index is -0.185. The maximum atomic E-state index is 14.2. The van der Waals surface area contributed by atoms with Crippen LogP contribution in [0.3, 0.4) is 0 Å². The Bertz CT molecular complexity index is 1150. The predicted octanol–water partition coefficient (Wildman–Crippen LogP) is 3.79. The fraction of sp³-hybridized carbons (Fsp3) is 0.360. The van der Waals surface area contributed by atoms with E-state index < -0.39 is 0 Å². The van der Waals surface area contributed by atoms with E-state index in [1.807, 2.05) is 30.1 Å². The lowest BCUT2D eigenvalue weighted by Gasteiger charge is -2.32. The van der Waals surface area contributed by atoms with Gasteiger partial charge in [0.05, 0.1) is 11.1 Å². The number of carbonyl (C=O) groups excluding carboxylic acids is 2. The fourth-order valence-corrected chi connectivity index (χ4v) is 4.64. The van der Waals surface area contributed by atoms with Crippen molar-refractivity contribution in [2.45, 2.75) is 25.3 Å². The molecule has 0 aliphatic carbocycles. The molecule has 0 spiro atoms. The molecular weight excluding hydrogens is 443 g/mol. The molecule has 1 aliphatic rings. The van der Waals surface area contributed by atoms with Crippen LogP contribution in [0.2, 0.25) is 5.02 Å². The molecule has 6 nitrogen and oxygen atoms in total. The van der Waals surface area contributed by atoms with Gasteiger partial charge in [-0.05, 0) is 49.6 Å².